The third-order valence-corrected chi connectivity index (χ3v) is 6.46. The first-order valence-electron chi connectivity index (χ1n) is 10.4. The van der Waals surface area contributed by atoms with Gasteiger partial charge in [-0.15, -0.1) is 11.3 Å². The van der Waals surface area contributed by atoms with Crippen molar-refractivity contribution in [2.75, 3.05) is 19.6 Å². The number of carbonyl (C=O) groups is 1. The van der Waals surface area contributed by atoms with Gasteiger partial charge in [-0.05, 0) is 55.6 Å². The molecule has 1 aromatic carbocycles. The van der Waals surface area contributed by atoms with Crippen LogP contribution in [0, 0.1) is 0 Å². The molecule has 1 aliphatic rings. The van der Waals surface area contributed by atoms with Crippen LogP contribution >= 0.6 is 11.3 Å². The summed E-state index contributed by atoms with van der Waals surface area (Å²) in [5.74, 6) is 0.0260. The van der Waals surface area contributed by atoms with E-state index in [1.807, 2.05) is 35.7 Å². The molecule has 4 nitrogen and oxygen atoms in total. The van der Waals surface area contributed by atoms with E-state index >= 15 is 0 Å². The van der Waals surface area contributed by atoms with E-state index in [1.54, 1.807) is 6.08 Å². The zero-order valence-electron chi connectivity index (χ0n) is 16.7. The van der Waals surface area contributed by atoms with E-state index in [0.717, 1.165) is 34.4 Å². The third kappa shape index (κ3) is 5.04. The standard InChI is InChI=1S/C24H28N2O2S/c27-20(17-25-13-5-1-2-6-14-25)18-26-16-19(21-8-3-4-9-22(21)26)11-12-23(28)24-10-7-15-29-24/h3-4,7-12,15-16,20,27H,1-2,5-6,13-14,17-18H2. The molecule has 2 aromatic heterocycles. The van der Waals surface area contributed by atoms with Gasteiger partial charge in [0.15, 0.2) is 5.78 Å². The molecule has 0 aliphatic carbocycles. The lowest BCUT2D eigenvalue weighted by Crippen LogP contribution is -2.35. The molecule has 1 N–H and O–H groups in total. The van der Waals surface area contributed by atoms with Gasteiger partial charge in [0.25, 0.3) is 0 Å². The molecule has 1 aliphatic heterocycles. The van der Waals surface area contributed by atoms with Gasteiger partial charge in [0.05, 0.1) is 11.0 Å². The molecule has 1 saturated heterocycles. The van der Waals surface area contributed by atoms with Gasteiger partial charge >= 0.3 is 0 Å². The number of benzene rings is 1. The Morgan fingerprint density at radius 1 is 1.07 bits per heavy atom. The van der Waals surface area contributed by atoms with Crippen LogP contribution in [-0.2, 0) is 6.54 Å². The van der Waals surface area contributed by atoms with E-state index in [1.165, 1.54) is 37.0 Å². The van der Waals surface area contributed by atoms with Gasteiger partial charge in [-0.1, -0.05) is 37.1 Å². The van der Waals surface area contributed by atoms with Gasteiger partial charge in [-0.25, -0.2) is 0 Å². The number of rotatable bonds is 7. The Morgan fingerprint density at radius 2 is 1.86 bits per heavy atom. The number of β-amino-alcohol motifs (C(OH)–C–C–N with tert-alkyl or cyclic N) is 1. The Morgan fingerprint density at radius 3 is 2.62 bits per heavy atom. The van der Waals surface area contributed by atoms with Crippen molar-refractivity contribution < 1.29 is 9.90 Å². The Kier molecular flexibility index (Phi) is 6.60. The summed E-state index contributed by atoms with van der Waals surface area (Å²) in [6.45, 7) is 3.45. The molecule has 0 spiro atoms. The summed E-state index contributed by atoms with van der Waals surface area (Å²) >= 11 is 1.46. The Hall–Kier alpha value is -2.21. The number of carbonyl (C=O) groups excluding carboxylic acids is 1. The van der Waals surface area contributed by atoms with E-state index in [0.29, 0.717) is 13.1 Å². The quantitative estimate of drug-likeness (QED) is 0.450. The first kappa shape index (κ1) is 20.1. The highest BCUT2D eigenvalue weighted by atomic mass is 32.1. The zero-order valence-corrected chi connectivity index (χ0v) is 17.5. The molecular formula is C24H28N2O2S. The lowest BCUT2D eigenvalue weighted by molar-refractivity contribution is 0.101. The zero-order chi connectivity index (χ0) is 20.1. The number of aromatic nitrogens is 1. The number of para-hydroxylation sites is 1. The summed E-state index contributed by atoms with van der Waals surface area (Å²) in [5, 5.41) is 13.7. The van der Waals surface area contributed by atoms with Gasteiger partial charge in [0.2, 0.25) is 0 Å². The molecule has 1 fully saturated rings. The smallest absolute Gasteiger partial charge is 0.195 e. The maximum atomic E-state index is 12.3. The van der Waals surface area contributed by atoms with Crippen molar-refractivity contribution in [3.63, 3.8) is 0 Å². The van der Waals surface area contributed by atoms with Crippen LogP contribution in [0.1, 0.15) is 40.9 Å². The average Bonchev–Trinajstić information content (AvgIpc) is 3.30. The topological polar surface area (TPSA) is 45.5 Å². The molecule has 0 radical (unpaired) electrons. The Bertz CT molecular complexity index is 966. The van der Waals surface area contributed by atoms with Crippen molar-refractivity contribution in [2.24, 2.45) is 0 Å². The molecule has 3 aromatic rings. The summed E-state index contributed by atoms with van der Waals surface area (Å²) in [7, 11) is 0. The molecule has 0 saturated carbocycles. The monoisotopic (exact) mass is 408 g/mol. The predicted molar refractivity (Wildman–Crippen MR) is 121 cm³/mol. The largest absolute Gasteiger partial charge is 0.390 e. The van der Waals surface area contributed by atoms with Gasteiger partial charge in [-0.2, -0.15) is 0 Å². The summed E-state index contributed by atoms with van der Waals surface area (Å²) in [5.41, 5.74) is 2.10. The van der Waals surface area contributed by atoms with Gasteiger partial charge in [0.1, 0.15) is 0 Å². The maximum Gasteiger partial charge on any atom is 0.195 e. The maximum absolute atomic E-state index is 12.3. The summed E-state index contributed by atoms with van der Waals surface area (Å²) in [4.78, 5) is 15.5. The Labute approximate surface area is 176 Å². The number of ketones is 1. The van der Waals surface area contributed by atoms with Crippen molar-refractivity contribution >= 4 is 34.1 Å². The number of nitrogens with zero attached hydrogens (tertiary/aromatic N) is 2. The number of aliphatic hydroxyl groups excluding tert-OH is 1. The molecule has 0 bridgehead atoms. The minimum Gasteiger partial charge on any atom is -0.390 e. The third-order valence-electron chi connectivity index (χ3n) is 5.57. The van der Waals surface area contributed by atoms with Crippen LogP contribution in [0.25, 0.3) is 17.0 Å². The van der Waals surface area contributed by atoms with E-state index < -0.39 is 6.10 Å². The highest BCUT2D eigenvalue weighted by molar-refractivity contribution is 7.12. The SMILES string of the molecule is O=C(C=Cc1cn(CC(O)CN2CCCCCC2)c2ccccc12)c1cccs1. The first-order chi connectivity index (χ1) is 14.2. The van der Waals surface area contributed by atoms with E-state index in [4.69, 9.17) is 0 Å². The molecule has 152 valence electrons. The first-order valence-corrected chi connectivity index (χ1v) is 11.3. The highest BCUT2D eigenvalue weighted by Crippen LogP contribution is 2.24. The number of hydrogen-bond donors (Lipinski definition) is 1. The van der Waals surface area contributed by atoms with E-state index in [2.05, 4.69) is 27.8 Å². The van der Waals surface area contributed by atoms with Crippen LogP contribution < -0.4 is 0 Å². The van der Waals surface area contributed by atoms with Crippen molar-refractivity contribution in [1.29, 1.82) is 0 Å². The number of allylic oxidation sites excluding steroid dienone is 1. The van der Waals surface area contributed by atoms with Crippen LogP contribution in [0.15, 0.2) is 54.1 Å². The van der Waals surface area contributed by atoms with Crippen molar-refractivity contribution in [3.8, 4) is 0 Å². The second-order valence-corrected chi connectivity index (χ2v) is 8.75. The van der Waals surface area contributed by atoms with Crippen LogP contribution in [0.2, 0.25) is 0 Å². The number of likely N-dealkylation sites (tertiary alicyclic amines) is 1. The normalized spacial score (nSPS) is 17.0. The highest BCUT2D eigenvalue weighted by Gasteiger charge is 2.16. The van der Waals surface area contributed by atoms with Crippen molar-refractivity contribution in [3.05, 3.63) is 64.5 Å². The number of fused-ring (bicyclic) bond motifs is 1. The number of hydrogen-bond acceptors (Lipinski definition) is 4. The summed E-state index contributed by atoms with van der Waals surface area (Å²) < 4.78 is 2.12. The lowest BCUT2D eigenvalue weighted by atomic mass is 10.1. The molecule has 29 heavy (non-hydrogen) atoms. The molecule has 1 unspecified atom stereocenters. The number of aliphatic hydroxyl groups is 1. The molecule has 0 amide bonds. The lowest BCUT2D eigenvalue weighted by Gasteiger charge is -2.23. The fourth-order valence-corrected chi connectivity index (χ4v) is 4.77. The van der Waals surface area contributed by atoms with Crippen molar-refractivity contribution in [2.45, 2.75) is 38.3 Å². The average molecular weight is 409 g/mol. The molecule has 1 atom stereocenters. The van der Waals surface area contributed by atoms with Crippen LogP contribution in [-0.4, -0.2) is 46.1 Å². The minimum absolute atomic E-state index is 0.0260. The van der Waals surface area contributed by atoms with Gasteiger partial charge < -0.3 is 14.6 Å². The Balaban J connectivity index is 1.50. The van der Waals surface area contributed by atoms with Crippen LogP contribution in [0.5, 0.6) is 0 Å². The summed E-state index contributed by atoms with van der Waals surface area (Å²) in [6, 6.07) is 11.9. The number of thiophene rings is 1. The van der Waals surface area contributed by atoms with E-state index in [-0.39, 0.29) is 5.78 Å². The molecule has 3 heterocycles. The molecule has 5 heteroatoms. The van der Waals surface area contributed by atoms with Gasteiger partial charge in [0, 0.05) is 35.8 Å². The second-order valence-electron chi connectivity index (χ2n) is 7.80. The fraction of sp³-hybridized carbons (Fsp3) is 0.375. The van der Waals surface area contributed by atoms with Gasteiger partial charge in [-0.3, -0.25) is 4.79 Å². The summed E-state index contributed by atoms with van der Waals surface area (Å²) in [6.07, 6.45) is 10.2. The van der Waals surface area contributed by atoms with Crippen LogP contribution in [0.3, 0.4) is 0 Å². The van der Waals surface area contributed by atoms with Crippen molar-refractivity contribution in [1.82, 2.24) is 9.47 Å². The molecular weight excluding hydrogens is 380 g/mol. The fourth-order valence-electron chi connectivity index (χ4n) is 4.13. The predicted octanol–water partition coefficient (Wildman–Crippen LogP) is 4.84. The van der Waals surface area contributed by atoms with Crippen LogP contribution in [0.4, 0.5) is 0 Å². The molecule has 4 rings (SSSR count). The van der Waals surface area contributed by atoms with E-state index in [9.17, 15) is 9.90 Å². The second kappa shape index (κ2) is 9.53. The minimum atomic E-state index is -0.409.